The molecule has 3 nitrogen and oxygen atoms in total. The van der Waals surface area contributed by atoms with Gasteiger partial charge in [-0.15, -0.1) is 0 Å². The molecule has 0 spiro atoms. The van der Waals surface area contributed by atoms with Crippen molar-refractivity contribution >= 4 is 28.7 Å². The van der Waals surface area contributed by atoms with E-state index in [2.05, 4.69) is 57.6 Å². The zero-order chi connectivity index (χ0) is 14.8. The monoisotopic (exact) mass is 289 g/mol. The number of nitrogens with one attached hydrogen (secondary N) is 1. The number of anilines is 1. The number of benzene rings is 2. The first kappa shape index (κ1) is 13.1. The number of hydrogen-bond acceptors (Lipinski definition) is 2. The van der Waals surface area contributed by atoms with Crippen molar-refractivity contribution < 1.29 is 0 Å². The molecule has 1 aromatic heterocycles. The van der Waals surface area contributed by atoms with Crippen molar-refractivity contribution in [3.8, 4) is 0 Å². The van der Waals surface area contributed by atoms with Gasteiger partial charge < -0.3 is 4.90 Å². The molecule has 3 heteroatoms. The summed E-state index contributed by atoms with van der Waals surface area (Å²) >= 11 is 0. The van der Waals surface area contributed by atoms with E-state index < -0.39 is 0 Å². The Morgan fingerprint density at radius 3 is 2.59 bits per heavy atom. The molecule has 1 aliphatic rings. The van der Waals surface area contributed by atoms with Gasteiger partial charge in [-0.05, 0) is 42.7 Å². The molecule has 4 rings (SSSR count). The Balaban J connectivity index is 1.64. The van der Waals surface area contributed by atoms with Crippen molar-refractivity contribution in [3.63, 3.8) is 0 Å². The third-order valence-corrected chi connectivity index (χ3v) is 4.28. The summed E-state index contributed by atoms with van der Waals surface area (Å²) in [4.78, 5) is 2.44. The van der Waals surface area contributed by atoms with Crippen LogP contribution in [-0.4, -0.2) is 23.3 Å². The van der Waals surface area contributed by atoms with E-state index in [1.807, 2.05) is 18.2 Å². The van der Waals surface area contributed by atoms with Gasteiger partial charge in [0.25, 0.3) is 0 Å². The Morgan fingerprint density at radius 2 is 1.77 bits per heavy atom. The van der Waals surface area contributed by atoms with Gasteiger partial charge in [-0.1, -0.05) is 36.4 Å². The minimum Gasteiger partial charge on any atom is -0.371 e. The Morgan fingerprint density at radius 1 is 0.955 bits per heavy atom. The van der Waals surface area contributed by atoms with Crippen LogP contribution in [0.3, 0.4) is 0 Å². The Labute approximate surface area is 130 Å². The van der Waals surface area contributed by atoms with Gasteiger partial charge in [0.15, 0.2) is 0 Å². The summed E-state index contributed by atoms with van der Waals surface area (Å²) in [6.45, 7) is 2.33. The van der Waals surface area contributed by atoms with Crippen LogP contribution in [0.1, 0.15) is 24.1 Å². The van der Waals surface area contributed by atoms with E-state index in [0.717, 1.165) is 11.2 Å². The first-order valence-electron chi connectivity index (χ1n) is 7.86. The smallest absolute Gasteiger partial charge is 0.0927 e. The normalized spacial score (nSPS) is 15.2. The molecule has 0 amide bonds. The maximum absolute atomic E-state index is 4.45. The van der Waals surface area contributed by atoms with Crippen LogP contribution in [0.25, 0.3) is 23.1 Å². The molecule has 3 aromatic rings. The average molecular weight is 289 g/mol. The maximum atomic E-state index is 4.45. The summed E-state index contributed by atoms with van der Waals surface area (Å²) in [7, 11) is 0. The molecule has 1 saturated heterocycles. The van der Waals surface area contributed by atoms with Crippen LogP contribution in [0.4, 0.5) is 5.69 Å². The topological polar surface area (TPSA) is 31.9 Å². The van der Waals surface area contributed by atoms with E-state index in [1.165, 1.54) is 42.6 Å². The number of aromatic amines is 1. The van der Waals surface area contributed by atoms with Gasteiger partial charge in [0.05, 0.1) is 11.2 Å². The minimum atomic E-state index is 0.992. The highest BCUT2D eigenvalue weighted by atomic mass is 15.1. The fraction of sp³-hybridized carbons (Fsp3) is 0.211. The molecule has 22 heavy (non-hydrogen) atoms. The number of H-pyrrole nitrogens is 1. The summed E-state index contributed by atoms with van der Waals surface area (Å²) in [5.41, 5.74) is 4.59. The van der Waals surface area contributed by atoms with Gasteiger partial charge in [-0.2, -0.15) is 5.10 Å². The molecule has 0 atom stereocenters. The highest BCUT2D eigenvalue weighted by Gasteiger charge is 2.13. The molecule has 1 N–H and O–H groups in total. The largest absolute Gasteiger partial charge is 0.371 e. The van der Waals surface area contributed by atoms with E-state index in [4.69, 9.17) is 0 Å². The van der Waals surface area contributed by atoms with Gasteiger partial charge in [-0.3, -0.25) is 5.10 Å². The molecule has 0 aliphatic carbocycles. The SMILES string of the molecule is C(=C\c1n[nH]c2cc(N3CCCC3)ccc12)/c1ccccc1. The lowest BCUT2D eigenvalue weighted by Gasteiger charge is -2.17. The van der Waals surface area contributed by atoms with Crippen molar-refractivity contribution in [2.75, 3.05) is 18.0 Å². The second kappa shape index (κ2) is 5.68. The maximum Gasteiger partial charge on any atom is 0.0927 e. The number of aromatic nitrogens is 2. The van der Waals surface area contributed by atoms with Crippen molar-refractivity contribution in [2.24, 2.45) is 0 Å². The number of fused-ring (bicyclic) bond motifs is 1. The van der Waals surface area contributed by atoms with Crippen LogP contribution in [0, 0.1) is 0 Å². The van der Waals surface area contributed by atoms with E-state index in [-0.39, 0.29) is 0 Å². The second-order valence-corrected chi connectivity index (χ2v) is 5.78. The van der Waals surface area contributed by atoms with Crippen molar-refractivity contribution in [2.45, 2.75) is 12.8 Å². The van der Waals surface area contributed by atoms with Crippen molar-refractivity contribution in [3.05, 3.63) is 59.8 Å². The fourth-order valence-electron chi connectivity index (χ4n) is 3.07. The van der Waals surface area contributed by atoms with E-state index in [9.17, 15) is 0 Å². The molecular formula is C19H19N3. The lowest BCUT2D eigenvalue weighted by atomic mass is 10.1. The molecule has 110 valence electrons. The first-order chi connectivity index (χ1) is 10.9. The van der Waals surface area contributed by atoms with Crippen LogP contribution >= 0.6 is 0 Å². The average Bonchev–Trinajstić information content (AvgIpc) is 3.23. The van der Waals surface area contributed by atoms with Gasteiger partial charge in [0, 0.05) is 24.2 Å². The summed E-state index contributed by atoms with van der Waals surface area (Å²) in [5.74, 6) is 0. The van der Waals surface area contributed by atoms with Crippen molar-refractivity contribution in [1.29, 1.82) is 0 Å². The first-order valence-corrected chi connectivity index (χ1v) is 7.86. The predicted octanol–water partition coefficient (Wildman–Crippen LogP) is 4.33. The molecule has 2 heterocycles. The van der Waals surface area contributed by atoms with Crippen LogP contribution in [0.15, 0.2) is 48.5 Å². The quantitative estimate of drug-likeness (QED) is 0.778. The summed E-state index contributed by atoms with van der Waals surface area (Å²) < 4.78 is 0. The third kappa shape index (κ3) is 2.50. The lowest BCUT2D eigenvalue weighted by Crippen LogP contribution is -2.17. The van der Waals surface area contributed by atoms with Gasteiger partial charge >= 0.3 is 0 Å². The molecule has 0 unspecified atom stereocenters. The lowest BCUT2D eigenvalue weighted by molar-refractivity contribution is 0.949. The summed E-state index contributed by atoms with van der Waals surface area (Å²) in [6, 6.07) is 16.9. The van der Waals surface area contributed by atoms with Crippen LogP contribution in [0.5, 0.6) is 0 Å². The Hall–Kier alpha value is -2.55. The predicted molar refractivity (Wildman–Crippen MR) is 92.9 cm³/mol. The van der Waals surface area contributed by atoms with Crippen molar-refractivity contribution in [1.82, 2.24) is 10.2 Å². The molecule has 1 aliphatic heterocycles. The van der Waals surface area contributed by atoms with Gasteiger partial charge in [0.1, 0.15) is 0 Å². The molecule has 0 radical (unpaired) electrons. The van der Waals surface area contributed by atoms with Crippen LogP contribution in [0.2, 0.25) is 0 Å². The number of hydrogen-bond donors (Lipinski definition) is 1. The molecule has 0 saturated carbocycles. The van der Waals surface area contributed by atoms with Gasteiger partial charge in [-0.25, -0.2) is 0 Å². The Bertz CT molecular complexity index is 796. The van der Waals surface area contributed by atoms with E-state index >= 15 is 0 Å². The molecular weight excluding hydrogens is 270 g/mol. The number of nitrogens with zero attached hydrogens (tertiary/aromatic N) is 2. The molecule has 2 aromatic carbocycles. The van der Waals surface area contributed by atoms with E-state index in [1.54, 1.807) is 0 Å². The molecule has 0 bridgehead atoms. The fourth-order valence-corrected chi connectivity index (χ4v) is 3.07. The Kier molecular flexibility index (Phi) is 3.39. The van der Waals surface area contributed by atoms with Crippen LogP contribution in [-0.2, 0) is 0 Å². The summed E-state index contributed by atoms with van der Waals surface area (Å²) in [6.07, 6.45) is 6.77. The number of rotatable bonds is 3. The standard InChI is InChI=1S/C19H19N3/c1-2-6-15(7-3-1)8-11-18-17-10-9-16(14-19(17)21-20-18)22-12-4-5-13-22/h1-3,6-11,14H,4-5,12-13H2,(H,20,21)/b11-8+. The highest BCUT2D eigenvalue weighted by molar-refractivity contribution is 5.91. The zero-order valence-corrected chi connectivity index (χ0v) is 12.5. The highest BCUT2D eigenvalue weighted by Crippen LogP contribution is 2.26. The zero-order valence-electron chi connectivity index (χ0n) is 12.5. The summed E-state index contributed by atoms with van der Waals surface area (Å²) in [5, 5.41) is 8.78. The third-order valence-electron chi connectivity index (χ3n) is 4.28. The minimum absolute atomic E-state index is 0.992. The second-order valence-electron chi connectivity index (χ2n) is 5.78. The molecule has 1 fully saturated rings. The van der Waals surface area contributed by atoms with Crippen LogP contribution < -0.4 is 4.90 Å². The van der Waals surface area contributed by atoms with Gasteiger partial charge in [0.2, 0.25) is 0 Å². The van der Waals surface area contributed by atoms with E-state index in [0.29, 0.717) is 0 Å².